The topological polar surface area (TPSA) is 202 Å². The van der Waals surface area contributed by atoms with Crippen LogP contribution in [-0.4, -0.2) is 140 Å². The molecule has 0 bridgehead atoms. The van der Waals surface area contributed by atoms with Gasteiger partial charge in [0.2, 0.25) is 11.8 Å². The highest BCUT2D eigenvalue weighted by Crippen LogP contribution is 2.33. The SMILES string of the molecule is O=C(O)CCCN(CCCC(=O)O)C(=O)CCOCCOCCOCCOCCNC(=O)CCCC[C@@H]1SC[C@@H]2NC(=O)N[C@@H]21. The van der Waals surface area contributed by atoms with Crippen LogP contribution in [0, 0.1) is 0 Å². The van der Waals surface area contributed by atoms with E-state index in [2.05, 4.69) is 16.0 Å². The van der Waals surface area contributed by atoms with Crippen LogP contribution in [0.1, 0.15) is 57.8 Å². The second kappa shape index (κ2) is 23.6. The summed E-state index contributed by atoms with van der Waals surface area (Å²) < 4.78 is 21.8. The highest BCUT2D eigenvalue weighted by molar-refractivity contribution is 8.00. The maximum Gasteiger partial charge on any atom is 0.315 e. The van der Waals surface area contributed by atoms with Crippen molar-refractivity contribution in [2.45, 2.75) is 75.1 Å². The minimum Gasteiger partial charge on any atom is -0.481 e. The van der Waals surface area contributed by atoms with Gasteiger partial charge >= 0.3 is 18.0 Å². The van der Waals surface area contributed by atoms with Gasteiger partial charge in [-0.3, -0.25) is 19.2 Å². The van der Waals surface area contributed by atoms with Gasteiger partial charge in [0.1, 0.15) is 0 Å². The predicted octanol–water partition coefficient (Wildman–Crippen LogP) is 0.843. The lowest BCUT2D eigenvalue weighted by atomic mass is 10.0. The Hall–Kier alpha value is -2.66. The predicted molar refractivity (Wildman–Crippen MR) is 165 cm³/mol. The van der Waals surface area contributed by atoms with E-state index < -0.39 is 11.9 Å². The molecular formula is C29H50N4O11S. The zero-order chi connectivity index (χ0) is 32.7. The first-order valence-electron chi connectivity index (χ1n) is 15.7. The molecule has 2 aliphatic heterocycles. The summed E-state index contributed by atoms with van der Waals surface area (Å²) in [5, 5.41) is 26.8. The molecule has 15 nitrogen and oxygen atoms in total. The Labute approximate surface area is 268 Å². The maximum absolute atomic E-state index is 12.4. The Bertz CT molecular complexity index is 893. The molecule has 0 aromatic rings. The minimum atomic E-state index is -0.941. The first kappa shape index (κ1) is 38.5. The summed E-state index contributed by atoms with van der Waals surface area (Å²) in [6, 6.07) is 0.356. The molecule has 0 aromatic heterocycles. The summed E-state index contributed by atoms with van der Waals surface area (Å²) >= 11 is 1.88. The van der Waals surface area contributed by atoms with Gasteiger partial charge in [0.05, 0.1) is 71.4 Å². The van der Waals surface area contributed by atoms with Crippen LogP contribution in [0.15, 0.2) is 0 Å². The minimum absolute atomic E-state index is 0.0123. The number of carbonyl (C=O) groups excluding carboxylic acids is 3. The fraction of sp³-hybridized carbons (Fsp3) is 0.828. The number of nitrogens with one attached hydrogen (secondary N) is 3. The van der Waals surface area contributed by atoms with E-state index in [1.54, 1.807) is 0 Å². The van der Waals surface area contributed by atoms with Crippen molar-refractivity contribution in [2.24, 2.45) is 0 Å². The van der Waals surface area contributed by atoms with Crippen molar-refractivity contribution >= 4 is 41.5 Å². The second-order valence-corrected chi connectivity index (χ2v) is 12.1. The molecule has 2 fully saturated rings. The Morgan fingerprint density at radius 1 is 0.756 bits per heavy atom. The zero-order valence-corrected chi connectivity index (χ0v) is 26.8. The number of ether oxygens (including phenoxy) is 4. The lowest BCUT2D eigenvalue weighted by molar-refractivity contribution is -0.138. The van der Waals surface area contributed by atoms with Crippen LogP contribution in [0.3, 0.4) is 0 Å². The monoisotopic (exact) mass is 662 g/mol. The summed E-state index contributed by atoms with van der Waals surface area (Å²) in [6.07, 6.45) is 3.85. The maximum atomic E-state index is 12.4. The average Bonchev–Trinajstić information content (AvgIpc) is 3.55. The zero-order valence-electron chi connectivity index (χ0n) is 26.0. The lowest BCUT2D eigenvalue weighted by Gasteiger charge is -2.22. The number of fused-ring (bicyclic) bond motifs is 1. The van der Waals surface area contributed by atoms with Crippen LogP contribution in [-0.2, 0) is 38.1 Å². The van der Waals surface area contributed by atoms with Gasteiger partial charge in [-0.1, -0.05) is 6.42 Å². The smallest absolute Gasteiger partial charge is 0.315 e. The van der Waals surface area contributed by atoms with Crippen molar-refractivity contribution < 1.29 is 53.1 Å². The van der Waals surface area contributed by atoms with Crippen molar-refractivity contribution in [3.63, 3.8) is 0 Å². The second-order valence-electron chi connectivity index (χ2n) is 10.8. The van der Waals surface area contributed by atoms with Crippen molar-refractivity contribution in [1.82, 2.24) is 20.9 Å². The van der Waals surface area contributed by atoms with Gasteiger partial charge in [-0.05, 0) is 25.7 Å². The highest BCUT2D eigenvalue weighted by atomic mass is 32.2. The molecule has 0 spiro atoms. The molecule has 16 heteroatoms. The number of aliphatic carboxylic acids is 2. The summed E-state index contributed by atoms with van der Waals surface area (Å²) in [5.41, 5.74) is 0. The van der Waals surface area contributed by atoms with Gasteiger partial charge in [0.15, 0.2) is 0 Å². The van der Waals surface area contributed by atoms with E-state index in [1.165, 1.54) is 4.90 Å². The quantitative estimate of drug-likeness (QED) is 0.0585. The van der Waals surface area contributed by atoms with E-state index in [4.69, 9.17) is 29.2 Å². The number of rotatable bonds is 28. The molecule has 4 amide bonds. The van der Waals surface area contributed by atoms with E-state index in [1.807, 2.05) is 11.8 Å². The molecule has 2 rings (SSSR count). The number of carbonyl (C=O) groups is 5. The third-order valence-electron chi connectivity index (χ3n) is 7.22. The molecule has 45 heavy (non-hydrogen) atoms. The standard InChI is InChI=1S/C29H50N4O11S/c34-24(6-2-1-5-23-28-22(21-45-23)31-29(40)32-28)30-10-14-42-16-18-44-20-19-43-17-15-41-13-9-25(35)33(11-3-7-26(36)37)12-4-8-27(38)39/h22-23,28H,1-21H2,(H,30,34)(H,36,37)(H,38,39)(H2,31,32,40)/t22-,23-,28-/m0/s1. The number of hydrogen-bond acceptors (Lipinski definition) is 10. The summed E-state index contributed by atoms with van der Waals surface area (Å²) in [4.78, 5) is 58.8. The van der Waals surface area contributed by atoms with Gasteiger partial charge < -0.3 is 50.0 Å². The number of unbranched alkanes of at least 4 members (excludes halogenated alkanes) is 1. The first-order chi connectivity index (χ1) is 21.8. The molecule has 0 unspecified atom stereocenters. The molecule has 3 atom stereocenters. The Balaban J connectivity index is 1.33. The molecule has 0 saturated carbocycles. The van der Waals surface area contributed by atoms with Gasteiger partial charge in [0, 0.05) is 49.9 Å². The average molecular weight is 663 g/mol. The summed E-state index contributed by atoms with van der Waals surface area (Å²) in [5.74, 6) is -1.13. The van der Waals surface area contributed by atoms with E-state index in [0.29, 0.717) is 77.3 Å². The Morgan fingerprint density at radius 2 is 1.33 bits per heavy atom. The number of amides is 4. The molecule has 2 saturated heterocycles. The Morgan fingerprint density at radius 3 is 1.93 bits per heavy atom. The number of hydrogen-bond donors (Lipinski definition) is 5. The van der Waals surface area contributed by atoms with Crippen molar-refractivity contribution in [3.8, 4) is 0 Å². The number of carboxylic acid groups (broad SMARTS) is 2. The molecular weight excluding hydrogens is 612 g/mol. The van der Waals surface area contributed by atoms with E-state index in [0.717, 1.165) is 25.0 Å². The summed E-state index contributed by atoms with van der Waals surface area (Å²) in [7, 11) is 0. The third-order valence-corrected chi connectivity index (χ3v) is 8.72. The van der Waals surface area contributed by atoms with Crippen LogP contribution in [0.2, 0.25) is 0 Å². The molecule has 0 aromatic carbocycles. The van der Waals surface area contributed by atoms with Crippen LogP contribution in [0.5, 0.6) is 0 Å². The number of thioether (sulfide) groups is 1. The van der Waals surface area contributed by atoms with Gasteiger partial charge in [0.25, 0.3) is 0 Å². The van der Waals surface area contributed by atoms with Crippen molar-refractivity contribution in [3.05, 3.63) is 0 Å². The van der Waals surface area contributed by atoms with Crippen LogP contribution in [0.25, 0.3) is 0 Å². The normalized spacial score (nSPS) is 18.7. The van der Waals surface area contributed by atoms with Crippen molar-refractivity contribution in [2.75, 3.05) is 78.2 Å². The van der Waals surface area contributed by atoms with Crippen LogP contribution < -0.4 is 16.0 Å². The van der Waals surface area contributed by atoms with Gasteiger partial charge in [-0.2, -0.15) is 11.8 Å². The molecule has 2 heterocycles. The molecule has 0 aliphatic carbocycles. The molecule has 258 valence electrons. The summed E-state index contributed by atoms with van der Waals surface area (Å²) in [6.45, 7) is 3.79. The number of urea groups is 1. The van der Waals surface area contributed by atoms with E-state index in [9.17, 15) is 24.0 Å². The number of nitrogens with zero attached hydrogens (tertiary/aromatic N) is 1. The van der Waals surface area contributed by atoms with Crippen molar-refractivity contribution in [1.29, 1.82) is 0 Å². The molecule has 0 radical (unpaired) electrons. The van der Waals surface area contributed by atoms with E-state index in [-0.39, 0.29) is 68.9 Å². The fourth-order valence-electron chi connectivity index (χ4n) is 4.91. The fourth-order valence-corrected chi connectivity index (χ4v) is 6.45. The number of carboxylic acids is 2. The Kier molecular flexibility index (Phi) is 20.2. The largest absolute Gasteiger partial charge is 0.481 e. The first-order valence-corrected chi connectivity index (χ1v) is 16.8. The molecule has 2 aliphatic rings. The van der Waals surface area contributed by atoms with Gasteiger partial charge in [-0.15, -0.1) is 0 Å². The third kappa shape index (κ3) is 18.2. The van der Waals surface area contributed by atoms with Gasteiger partial charge in [-0.25, -0.2) is 4.79 Å². The van der Waals surface area contributed by atoms with Crippen LogP contribution >= 0.6 is 11.8 Å². The van der Waals surface area contributed by atoms with Crippen LogP contribution in [0.4, 0.5) is 4.79 Å². The van der Waals surface area contributed by atoms with E-state index >= 15 is 0 Å². The lowest BCUT2D eigenvalue weighted by Crippen LogP contribution is -2.36. The molecule has 5 N–H and O–H groups in total. The highest BCUT2D eigenvalue weighted by Gasteiger charge is 2.42.